The first-order chi connectivity index (χ1) is 6.18. The molecule has 1 aliphatic rings. The van der Waals surface area contributed by atoms with Gasteiger partial charge < -0.3 is 4.42 Å². The van der Waals surface area contributed by atoms with Crippen molar-refractivity contribution in [3.63, 3.8) is 0 Å². The van der Waals surface area contributed by atoms with E-state index in [1.165, 1.54) is 0 Å². The van der Waals surface area contributed by atoms with Gasteiger partial charge in [0.15, 0.2) is 5.78 Å². The minimum Gasteiger partial charge on any atom is -0.427 e. The zero-order valence-electron chi connectivity index (χ0n) is 7.42. The van der Waals surface area contributed by atoms with Crippen molar-refractivity contribution in [3.05, 3.63) is 33.4 Å². The monoisotopic (exact) mass is 178 g/mol. The highest BCUT2D eigenvalue weighted by Gasteiger charge is 2.20. The van der Waals surface area contributed by atoms with E-state index in [2.05, 4.69) is 0 Å². The fourth-order valence-electron chi connectivity index (χ4n) is 1.57. The number of fused-ring (bicyclic) bond motifs is 1. The first-order valence-electron chi connectivity index (χ1n) is 4.35. The van der Waals surface area contributed by atoms with E-state index in [1.54, 1.807) is 13.0 Å². The molecule has 0 radical (unpaired) electrons. The summed E-state index contributed by atoms with van der Waals surface area (Å²) in [6, 6.07) is 1.64. The van der Waals surface area contributed by atoms with Crippen molar-refractivity contribution >= 4 is 5.78 Å². The van der Waals surface area contributed by atoms with Gasteiger partial charge in [-0.25, -0.2) is 4.79 Å². The van der Waals surface area contributed by atoms with Gasteiger partial charge in [-0.15, -0.1) is 0 Å². The van der Waals surface area contributed by atoms with Crippen molar-refractivity contribution in [2.75, 3.05) is 0 Å². The third-order valence-electron chi connectivity index (χ3n) is 2.31. The predicted molar refractivity (Wildman–Crippen MR) is 47.0 cm³/mol. The molecule has 0 fully saturated rings. The highest BCUT2D eigenvalue weighted by atomic mass is 16.4. The summed E-state index contributed by atoms with van der Waals surface area (Å²) in [7, 11) is 0. The molecule has 68 valence electrons. The standard InChI is InChI=1S/C10H10O3/c1-6-5-7-8(11)3-2-4-9(7)13-10(6)12/h5H,2-4H2,1H3. The molecule has 1 aromatic rings. The van der Waals surface area contributed by atoms with Crippen LogP contribution >= 0.6 is 0 Å². The Balaban J connectivity index is 2.65. The van der Waals surface area contributed by atoms with Crippen molar-refractivity contribution in [2.24, 2.45) is 0 Å². The number of hydrogen-bond donors (Lipinski definition) is 0. The minimum atomic E-state index is -0.326. The number of carbonyl (C=O) groups excluding carboxylic acids is 1. The van der Waals surface area contributed by atoms with Gasteiger partial charge >= 0.3 is 5.63 Å². The van der Waals surface area contributed by atoms with Crippen LogP contribution in [0.25, 0.3) is 0 Å². The molecule has 3 heteroatoms. The van der Waals surface area contributed by atoms with Gasteiger partial charge in [0.05, 0.1) is 5.56 Å². The number of Topliss-reactive ketones (excluding diaryl/α,β-unsaturated/α-hetero) is 1. The Morgan fingerprint density at radius 2 is 2.08 bits per heavy atom. The summed E-state index contributed by atoms with van der Waals surface area (Å²) in [6.07, 6.45) is 2.06. The van der Waals surface area contributed by atoms with E-state index in [9.17, 15) is 9.59 Å². The van der Waals surface area contributed by atoms with Crippen LogP contribution in [0, 0.1) is 6.92 Å². The Hall–Kier alpha value is -1.38. The molecule has 0 unspecified atom stereocenters. The average molecular weight is 178 g/mol. The van der Waals surface area contributed by atoms with E-state index in [4.69, 9.17) is 4.42 Å². The maximum Gasteiger partial charge on any atom is 0.338 e. The third kappa shape index (κ3) is 1.30. The Morgan fingerprint density at radius 1 is 1.31 bits per heavy atom. The van der Waals surface area contributed by atoms with E-state index in [1.807, 2.05) is 0 Å². The second-order valence-corrected chi connectivity index (χ2v) is 3.33. The molecule has 13 heavy (non-hydrogen) atoms. The summed E-state index contributed by atoms with van der Waals surface area (Å²) in [4.78, 5) is 22.5. The number of aryl methyl sites for hydroxylation is 2. The summed E-state index contributed by atoms with van der Waals surface area (Å²) < 4.78 is 5.02. The van der Waals surface area contributed by atoms with Gasteiger partial charge in [0.1, 0.15) is 5.76 Å². The molecule has 3 nitrogen and oxygen atoms in total. The maximum absolute atomic E-state index is 11.4. The Kier molecular flexibility index (Phi) is 1.79. The van der Waals surface area contributed by atoms with Crippen LogP contribution in [0.4, 0.5) is 0 Å². The lowest BCUT2D eigenvalue weighted by Crippen LogP contribution is -2.16. The summed E-state index contributed by atoms with van der Waals surface area (Å²) in [5, 5.41) is 0. The smallest absolute Gasteiger partial charge is 0.338 e. The van der Waals surface area contributed by atoms with Crippen LogP contribution in [-0.4, -0.2) is 5.78 Å². The van der Waals surface area contributed by atoms with Gasteiger partial charge in [0.25, 0.3) is 0 Å². The first kappa shape index (κ1) is 8.23. The molecule has 0 spiro atoms. The lowest BCUT2D eigenvalue weighted by molar-refractivity contribution is 0.0965. The van der Waals surface area contributed by atoms with E-state index >= 15 is 0 Å². The molecule has 1 heterocycles. The first-order valence-corrected chi connectivity index (χ1v) is 4.35. The zero-order valence-corrected chi connectivity index (χ0v) is 7.42. The van der Waals surface area contributed by atoms with Crippen LogP contribution in [0.15, 0.2) is 15.3 Å². The molecule has 1 aromatic heterocycles. The van der Waals surface area contributed by atoms with E-state index in [-0.39, 0.29) is 11.4 Å². The van der Waals surface area contributed by atoms with Gasteiger partial charge in [-0.2, -0.15) is 0 Å². The summed E-state index contributed by atoms with van der Waals surface area (Å²) in [5.41, 5.74) is 0.783. The fourth-order valence-corrected chi connectivity index (χ4v) is 1.57. The normalized spacial score (nSPS) is 15.6. The number of rotatable bonds is 0. The zero-order chi connectivity index (χ0) is 9.42. The molecular formula is C10H10O3. The molecule has 1 aliphatic carbocycles. The maximum atomic E-state index is 11.4. The van der Waals surface area contributed by atoms with E-state index in [0.717, 1.165) is 6.42 Å². The highest BCUT2D eigenvalue weighted by Crippen LogP contribution is 2.19. The van der Waals surface area contributed by atoms with E-state index < -0.39 is 0 Å². The van der Waals surface area contributed by atoms with Crippen LogP contribution in [0.5, 0.6) is 0 Å². The topological polar surface area (TPSA) is 47.3 Å². The van der Waals surface area contributed by atoms with Crippen LogP contribution in [0.1, 0.15) is 34.5 Å². The molecule has 0 atom stereocenters. The Morgan fingerprint density at radius 3 is 2.85 bits per heavy atom. The lowest BCUT2D eigenvalue weighted by atomic mass is 9.95. The Labute approximate surface area is 75.4 Å². The van der Waals surface area contributed by atoms with Crippen molar-refractivity contribution in [1.29, 1.82) is 0 Å². The van der Waals surface area contributed by atoms with E-state index in [0.29, 0.717) is 29.7 Å². The molecule has 0 saturated heterocycles. The Bertz CT molecular complexity index is 415. The van der Waals surface area contributed by atoms with Crippen LogP contribution in [0.3, 0.4) is 0 Å². The third-order valence-corrected chi connectivity index (χ3v) is 2.31. The fraction of sp³-hybridized carbons (Fsp3) is 0.400. The molecule has 0 aromatic carbocycles. The van der Waals surface area contributed by atoms with Crippen molar-refractivity contribution in [1.82, 2.24) is 0 Å². The molecule has 0 amide bonds. The molecule has 0 bridgehead atoms. The second-order valence-electron chi connectivity index (χ2n) is 3.33. The minimum absolute atomic E-state index is 0.0908. The van der Waals surface area contributed by atoms with Crippen LogP contribution < -0.4 is 5.63 Å². The molecule has 2 rings (SSSR count). The van der Waals surface area contributed by atoms with Gasteiger partial charge in [-0.05, 0) is 19.4 Å². The lowest BCUT2D eigenvalue weighted by Gasteiger charge is -2.12. The van der Waals surface area contributed by atoms with Gasteiger partial charge in [-0.3, -0.25) is 4.79 Å². The summed E-state index contributed by atoms with van der Waals surface area (Å²) in [6.45, 7) is 1.66. The highest BCUT2D eigenvalue weighted by molar-refractivity contribution is 5.97. The quantitative estimate of drug-likeness (QED) is 0.604. The van der Waals surface area contributed by atoms with Gasteiger partial charge in [0.2, 0.25) is 0 Å². The van der Waals surface area contributed by atoms with Crippen molar-refractivity contribution in [2.45, 2.75) is 26.2 Å². The number of ketones is 1. The predicted octanol–water partition coefficient (Wildman–Crippen LogP) is 1.47. The molecule has 0 aliphatic heterocycles. The molecule has 0 N–H and O–H groups in total. The molecule has 0 saturated carbocycles. The van der Waals surface area contributed by atoms with Gasteiger partial charge in [-0.1, -0.05) is 0 Å². The average Bonchev–Trinajstić information content (AvgIpc) is 2.09. The van der Waals surface area contributed by atoms with Crippen molar-refractivity contribution < 1.29 is 9.21 Å². The molecular weight excluding hydrogens is 168 g/mol. The van der Waals surface area contributed by atoms with Crippen LogP contribution in [-0.2, 0) is 6.42 Å². The second kappa shape index (κ2) is 2.83. The summed E-state index contributed by atoms with van der Waals surface area (Å²) in [5.74, 6) is 0.653. The number of carbonyl (C=O) groups is 1. The number of hydrogen-bond acceptors (Lipinski definition) is 3. The SMILES string of the molecule is Cc1cc2c(oc1=O)CCCC2=O. The van der Waals surface area contributed by atoms with Crippen LogP contribution in [0.2, 0.25) is 0 Å². The van der Waals surface area contributed by atoms with Gasteiger partial charge in [0, 0.05) is 18.4 Å². The van der Waals surface area contributed by atoms with Crippen molar-refractivity contribution in [3.8, 4) is 0 Å². The largest absolute Gasteiger partial charge is 0.427 e. The summed E-state index contributed by atoms with van der Waals surface area (Å²) >= 11 is 0.